The van der Waals surface area contributed by atoms with Crippen molar-refractivity contribution in [2.24, 2.45) is 0 Å². The molecule has 0 fully saturated rings. The quantitative estimate of drug-likeness (QED) is 0.447. The number of carbonyl (C=O) groups is 2. The highest BCUT2D eigenvalue weighted by Gasteiger charge is 2.28. The highest BCUT2D eigenvalue weighted by Crippen LogP contribution is 2.26. The summed E-state index contributed by atoms with van der Waals surface area (Å²) in [5.41, 5.74) is 0.0160. The standard InChI is InChI=1S/C18H18ClN3O5/c1-18(27-2,12-4-3-5-13(19)10-12)11-20-16(23)17(24)21-14-6-8-15(9-7-14)22(25)26/h3-10H,11H2,1-2H3,(H,20,23)(H,21,24). The van der Waals surface area contributed by atoms with E-state index >= 15 is 0 Å². The number of nitrogens with zero attached hydrogens (tertiary/aromatic N) is 1. The van der Waals surface area contributed by atoms with E-state index in [2.05, 4.69) is 10.6 Å². The number of nitro groups is 1. The molecule has 1 atom stereocenters. The van der Waals surface area contributed by atoms with Crippen molar-refractivity contribution >= 4 is 34.8 Å². The fraction of sp³-hybridized carbons (Fsp3) is 0.222. The molecule has 2 aromatic carbocycles. The number of carbonyl (C=O) groups excluding carboxylic acids is 2. The number of nitrogens with one attached hydrogen (secondary N) is 2. The molecule has 0 saturated carbocycles. The summed E-state index contributed by atoms with van der Waals surface area (Å²) in [5, 5.41) is 16.0. The minimum Gasteiger partial charge on any atom is -0.372 e. The lowest BCUT2D eigenvalue weighted by Crippen LogP contribution is -2.44. The molecule has 0 spiro atoms. The first-order valence-corrected chi connectivity index (χ1v) is 8.28. The van der Waals surface area contributed by atoms with E-state index in [-0.39, 0.29) is 17.9 Å². The predicted molar refractivity (Wildman–Crippen MR) is 101 cm³/mol. The summed E-state index contributed by atoms with van der Waals surface area (Å²) >= 11 is 5.99. The van der Waals surface area contributed by atoms with E-state index < -0.39 is 22.3 Å². The van der Waals surface area contributed by atoms with Gasteiger partial charge in [-0.25, -0.2) is 0 Å². The van der Waals surface area contributed by atoms with Crippen molar-refractivity contribution in [3.8, 4) is 0 Å². The molecule has 142 valence electrons. The van der Waals surface area contributed by atoms with Gasteiger partial charge in [0.1, 0.15) is 5.60 Å². The van der Waals surface area contributed by atoms with Gasteiger partial charge in [-0.05, 0) is 36.8 Å². The number of amides is 2. The van der Waals surface area contributed by atoms with Crippen LogP contribution in [0.2, 0.25) is 5.02 Å². The first-order chi connectivity index (χ1) is 12.7. The van der Waals surface area contributed by atoms with Crippen LogP contribution < -0.4 is 10.6 Å². The maximum absolute atomic E-state index is 12.1. The van der Waals surface area contributed by atoms with Gasteiger partial charge in [0.2, 0.25) is 0 Å². The van der Waals surface area contributed by atoms with Gasteiger partial charge in [-0.2, -0.15) is 0 Å². The lowest BCUT2D eigenvalue weighted by atomic mass is 9.95. The largest absolute Gasteiger partial charge is 0.372 e. The smallest absolute Gasteiger partial charge is 0.313 e. The molecule has 1 unspecified atom stereocenters. The number of nitro benzene ring substituents is 1. The van der Waals surface area contributed by atoms with E-state index in [0.717, 1.165) is 5.56 Å². The molecule has 27 heavy (non-hydrogen) atoms. The van der Waals surface area contributed by atoms with Crippen molar-refractivity contribution in [2.45, 2.75) is 12.5 Å². The normalized spacial score (nSPS) is 12.7. The van der Waals surface area contributed by atoms with Gasteiger partial charge in [-0.15, -0.1) is 0 Å². The van der Waals surface area contributed by atoms with Crippen LogP contribution in [0.1, 0.15) is 12.5 Å². The molecule has 8 nitrogen and oxygen atoms in total. The van der Waals surface area contributed by atoms with Gasteiger partial charge in [0, 0.05) is 30.0 Å². The Morgan fingerprint density at radius 3 is 2.41 bits per heavy atom. The molecule has 0 aliphatic carbocycles. The molecule has 0 bridgehead atoms. The molecule has 2 rings (SSSR count). The Morgan fingerprint density at radius 1 is 1.19 bits per heavy atom. The third-order valence-electron chi connectivity index (χ3n) is 4.01. The number of hydrogen-bond acceptors (Lipinski definition) is 5. The molecule has 2 amide bonds. The molecular formula is C18H18ClN3O5. The van der Waals surface area contributed by atoms with Crippen LogP contribution in [0.3, 0.4) is 0 Å². The van der Waals surface area contributed by atoms with Crippen molar-refractivity contribution in [3.05, 3.63) is 69.2 Å². The third kappa shape index (κ3) is 5.25. The fourth-order valence-electron chi connectivity index (χ4n) is 2.29. The van der Waals surface area contributed by atoms with E-state index in [9.17, 15) is 19.7 Å². The Morgan fingerprint density at radius 2 is 1.85 bits per heavy atom. The second-order valence-corrected chi connectivity index (χ2v) is 6.32. The van der Waals surface area contributed by atoms with Crippen LogP contribution in [0.15, 0.2) is 48.5 Å². The van der Waals surface area contributed by atoms with Gasteiger partial charge in [0.15, 0.2) is 0 Å². The zero-order chi connectivity index (χ0) is 20.0. The van der Waals surface area contributed by atoms with E-state index in [1.54, 1.807) is 31.2 Å². The van der Waals surface area contributed by atoms with Gasteiger partial charge < -0.3 is 15.4 Å². The molecule has 9 heteroatoms. The minimum absolute atomic E-state index is 0.0381. The fourth-order valence-corrected chi connectivity index (χ4v) is 2.48. The van der Waals surface area contributed by atoms with Gasteiger partial charge in [-0.1, -0.05) is 23.7 Å². The number of anilines is 1. The molecule has 0 saturated heterocycles. The summed E-state index contributed by atoms with van der Waals surface area (Å²) in [4.78, 5) is 34.1. The maximum atomic E-state index is 12.1. The van der Waals surface area contributed by atoms with Crippen LogP contribution in [-0.4, -0.2) is 30.4 Å². The first kappa shape index (κ1) is 20.3. The van der Waals surface area contributed by atoms with E-state index in [1.807, 2.05) is 0 Å². The van der Waals surface area contributed by atoms with Crippen LogP contribution in [-0.2, 0) is 19.9 Å². The van der Waals surface area contributed by atoms with Crippen LogP contribution in [0, 0.1) is 10.1 Å². The second kappa shape index (κ2) is 8.61. The Balaban J connectivity index is 1.99. The number of non-ortho nitro benzene ring substituents is 1. The highest BCUT2D eigenvalue weighted by atomic mass is 35.5. The molecule has 2 aromatic rings. The molecule has 0 heterocycles. The summed E-state index contributed by atoms with van der Waals surface area (Å²) in [6, 6.07) is 12.1. The maximum Gasteiger partial charge on any atom is 0.313 e. The summed E-state index contributed by atoms with van der Waals surface area (Å²) in [6.07, 6.45) is 0. The van der Waals surface area contributed by atoms with Crippen LogP contribution in [0.4, 0.5) is 11.4 Å². The van der Waals surface area contributed by atoms with Crippen molar-refractivity contribution in [2.75, 3.05) is 19.0 Å². The zero-order valence-electron chi connectivity index (χ0n) is 14.7. The topological polar surface area (TPSA) is 111 Å². The van der Waals surface area contributed by atoms with Crippen LogP contribution in [0.25, 0.3) is 0 Å². The Bertz CT molecular complexity index is 856. The van der Waals surface area contributed by atoms with Gasteiger partial charge in [0.25, 0.3) is 5.69 Å². The van der Waals surface area contributed by atoms with Crippen molar-refractivity contribution in [1.82, 2.24) is 5.32 Å². The number of rotatable bonds is 6. The number of halogens is 1. The summed E-state index contributed by atoms with van der Waals surface area (Å²) in [7, 11) is 1.49. The number of ether oxygens (including phenoxy) is 1. The lowest BCUT2D eigenvalue weighted by Gasteiger charge is -2.29. The Hall–Kier alpha value is -2.97. The SMILES string of the molecule is COC(C)(CNC(=O)C(=O)Nc1ccc([N+](=O)[O-])cc1)c1cccc(Cl)c1. The van der Waals surface area contributed by atoms with E-state index in [0.29, 0.717) is 5.02 Å². The average Bonchev–Trinajstić information content (AvgIpc) is 2.66. The predicted octanol–water partition coefficient (Wildman–Crippen LogP) is 2.86. The van der Waals surface area contributed by atoms with Gasteiger partial charge in [-0.3, -0.25) is 19.7 Å². The number of methoxy groups -OCH3 is 1. The molecule has 0 aliphatic rings. The monoisotopic (exact) mass is 391 g/mol. The summed E-state index contributed by atoms with van der Waals surface area (Å²) < 4.78 is 5.49. The molecule has 0 aromatic heterocycles. The molecule has 0 radical (unpaired) electrons. The minimum atomic E-state index is -0.895. The summed E-state index contributed by atoms with van der Waals surface area (Å²) in [6.45, 7) is 1.80. The van der Waals surface area contributed by atoms with Crippen LogP contribution in [0.5, 0.6) is 0 Å². The van der Waals surface area contributed by atoms with Crippen molar-refractivity contribution in [1.29, 1.82) is 0 Å². The summed E-state index contributed by atoms with van der Waals surface area (Å²) in [5.74, 6) is -1.76. The highest BCUT2D eigenvalue weighted by molar-refractivity contribution is 6.39. The van der Waals surface area contributed by atoms with Crippen molar-refractivity contribution in [3.63, 3.8) is 0 Å². The Kier molecular flexibility index (Phi) is 6.49. The zero-order valence-corrected chi connectivity index (χ0v) is 15.4. The number of benzene rings is 2. The van der Waals surface area contributed by atoms with E-state index in [1.165, 1.54) is 31.4 Å². The van der Waals surface area contributed by atoms with Crippen molar-refractivity contribution < 1.29 is 19.2 Å². The molecular weight excluding hydrogens is 374 g/mol. The van der Waals surface area contributed by atoms with Gasteiger partial charge in [0.05, 0.1) is 11.5 Å². The number of hydrogen-bond donors (Lipinski definition) is 2. The van der Waals surface area contributed by atoms with E-state index in [4.69, 9.17) is 16.3 Å². The second-order valence-electron chi connectivity index (χ2n) is 5.89. The molecule has 2 N–H and O–H groups in total. The van der Waals surface area contributed by atoms with Crippen LogP contribution >= 0.6 is 11.6 Å². The lowest BCUT2D eigenvalue weighted by molar-refractivity contribution is -0.384. The Labute approximate surface area is 160 Å². The first-order valence-electron chi connectivity index (χ1n) is 7.90. The van der Waals surface area contributed by atoms with Gasteiger partial charge >= 0.3 is 11.8 Å². The third-order valence-corrected chi connectivity index (χ3v) is 4.25. The average molecular weight is 392 g/mol. The molecule has 0 aliphatic heterocycles.